The van der Waals surface area contributed by atoms with Gasteiger partial charge in [-0.25, -0.2) is 4.79 Å². The molecular weight excluding hydrogens is 268 g/mol. The van der Waals surface area contributed by atoms with Crippen LogP contribution in [0.15, 0.2) is 10.5 Å². The first-order valence-electron chi connectivity index (χ1n) is 5.82. The van der Waals surface area contributed by atoms with Crippen LogP contribution in [0.2, 0.25) is 0 Å². The number of carbonyl (C=O) groups excluding carboxylic acids is 1. The van der Waals surface area contributed by atoms with Crippen molar-refractivity contribution in [2.75, 3.05) is 7.11 Å². The molecule has 1 aromatic carbocycles. The molecule has 2 heterocycles. The zero-order chi connectivity index (χ0) is 14.7. The number of cyclic esters (lactones) is 1. The van der Waals surface area contributed by atoms with E-state index >= 15 is 0 Å². The third-order valence-corrected chi connectivity index (χ3v) is 2.95. The van der Waals surface area contributed by atoms with E-state index in [2.05, 4.69) is 0 Å². The molecule has 2 N–H and O–H groups in total. The first-order valence-corrected chi connectivity index (χ1v) is 5.82. The molecule has 0 saturated carbocycles. The summed E-state index contributed by atoms with van der Waals surface area (Å²) < 4.78 is 20.7. The monoisotopic (exact) mass is 280 g/mol. The molecule has 0 atom stereocenters. The quantitative estimate of drug-likeness (QED) is 0.609. The molecule has 1 aliphatic heterocycles. The normalized spacial score (nSPS) is 16.4. The summed E-state index contributed by atoms with van der Waals surface area (Å²) in [6.45, 7) is 3.09. The second-order valence-corrected chi connectivity index (χ2v) is 4.81. The van der Waals surface area contributed by atoms with Gasteiger partial charge < -0.3 is 28.8 Å². The van der Waals surface area contributed by atoms with Crippen LogP contribution in [0, 0.1) is 0 Å². The summed E-state index contributed by atoms with van der Waals surface area (Å²) in [6.07, 6.45) is 0. The molecule has 0 saturated heterocycles. The zero-order valence-electron chi connectivity index (χ0n) is 11.0. The van der Waals surface area contributed by atoms with E-state index in [9.17, 15) is 15.0 Å². The minimum atomic E-state index is -1.19. The number of aromatic hydroxyl groups is 2. The lowest BCUT2D eigenvalue weighted by atomic mass is 10.1. The maximum atomic E-state index is 12.0. The minimum Gasteiger partial charge on any atom is -0.507 e. The third kappa shape index (κ3) is 1.56. The number of carbonyl (C=O) groups is 1. The summed E-state index contributed by atoms with van der Waals surface area (Å²) in [5, 5.41) is 20.0. The molecule has 2 aromatic rings. The number of fused-ring (bicyclic) bond motifs is 3. The van der Waals surface area contributed by atoms with Crippen LogP contribution in [0.3, 0.4) is 0 Å². The van der Waals surface area contributed by atoms with E-state index in [1.807, 2.05) is 0 Å². The molecule has 0 fully saturated rings. The molecule has 0 bridgehead atoms. The molecule has 0 radical (unpaired) electrons. The van der Waals surface area contributed by atoms with Crippen LogP contribution in [-0.4, -0.2) is 29.1 Å². The van der Waals surface area contributed by atoms with Crippen LogP contribution < -0.4 is 9.47 Å². The van der Waals surface area contributed by atoms with Gasteiger partial charge in [0.05, 0.1) is 12.5 Å². The van der Waals surface area contributed by atoms with Gasteiger partial charge in [0, 0.05) is 19.9 Å². The fourth-order valence-corrected chi connectivity index (χ4v) is 2.13. The first-order chi connectivity index (χ1) is 9.34. The fourth-order valence-electron chi connectivity index (χ4n) is 2.13. The van der Waals surface area contributed by atoms with Gasteiger partial charge in [0.2, 0.25) is 5.75 Å². The Hall–Kier alpha value is -2.57. The number of ether oxygens (including phenoxy) is 3. The summed E-state index contributed by atoms with van der Waals surface area (Å²) in [7, 11) is 1.33. The Kier molecular flexibility index (Phi) is 2.32. The fraction of sp³-hybridized carbons (Fsp3) is 0.308. The van der Waals surface area contributed by atoms with Crippen molar-refractivity contribution in [1.82, 2.24) is 0 Å². The molecule has 106 valence electrons. The Morgan fingerprint density at radius 2 is 1.95 bits per heavy atom. The van der Waals surface area contributed by atoms with Gasteiger partial charge in [-0.1, -0.05) is 0 Å². The maximum Gasteiger partial charge on any atom is 0.349 e. The lowest BCUT2D eigenvalue weighted by Crippen LogP contribution is -2.38. The lowest BCUT2D eigenvalue weighted by molar-refractivity contribution is -0.136. The molecule has 0 spiro atoms. The SMILES string of the molecule is COc1cc(O)c2c3c(oc2c1O)OC(C)(C)OC3=O. The van der Waals surface area contributed by atoms with Gasteiger partial charge in [-0.05, 0) is 0 Å². The minimum absolute atomic E-state index is 0.0220. The highest BCUT2D eigenvalue weighted by Crippen LogP contribution is 2.48. The largest absolute Gasteiger partial charge is 0.507 e. The number of phenolic OH excluding ortho intramolecular Hbond substituents is 2. The van der Waals surface area contributed by atoms with E-state index < -0.39 is 11.8 Å². The van der Waals surface area contributed by atoms with Crippen LogP contribution in [0.25, 0.3) is 11.0 Å². The topological polar surface area (TPSA) is 98.4 Å². The van der Waals surface area contributed by atoms with Crippen molar-refractivity contribution < 1.29 is 33.6 Å². The highest BCUT2D eigenvalue weighted by molar-refractivity contribution is 6.10. The van der Waals surface area contributed by atoms with Crippen LogP contribution in [-0.2, 0) is 4.74 Å². The smallest absolute Gasteiger partial charge is 0.349 e. The van der Waals surface area contributed by atoms with E-state index in [-0.39, 0.29) is 39.7 Å². The lowest BCUT2D eigenvalue weighted by Gasteiger charge is -2.28. The van der Waals surface area contributed by atoms with Gasteiger partial charge in [-0.15, -0.1) is 0 Å². The molecular formula is C13H12O7. The van der Waals surface area contributed by atoms with Crippen molar-refractivity contribution in [3.05, 3.63) is 11.6 Å². The van der Waals surface area contributed by atoms with Gasteiger partial charge in [-0.2, -0.15) is 0 Å². The number of benzene rings is 1. The summed E-state index contributed by atoms with van der Waals surface area (Å²) >= 11 is 0. The summed E-state index contributed by atoms with van der Waals surface area (Å²) in [6, 6.07) is 1.18. The van der Waals surface area contributed by atoms with Gasteiger partial charge in [0.1, 0.15) is 5.75 Å². The molecule has 7 nitrogen and oxygen atoms in total. The predicted molar refractivity (Wildman–Crippen MR) is 66.2 cm³/mol. The number of rotatable bonds is 1. The van der Waals surface area contributed by atoms with Crippen molar-refractivity contribution in [1.29, 1.82) is 0 Å². The molecule has 0 aliphatic carbocycles. The number of hydrogen-bond acceptors (Lipinski definition) is 7. The van der Waals surface area contributed by atoms with Crippen molar-refractivity contribution in [3.63, 3.8) is 0 Å². The van der Waals surface area contributed by atoms with Crippen LogP contribution in [0.1, 0.15) is 24.2 Å². The van der Waals surface area contributed by atoms with Gasteiger partial charge in [0.25, 0.3) is 5.79 Å². The van der Waals surface area contributed by atoms with E-state index in [1.165, 1.54) is 13.2 Å². The van der Waals surface area contributed by atoms with Crippen molar-refractivity contribution >= 4 is 16.9 Å². The van der Waals surface area contributed by atoms with E-state index in [0.29, 0.717) is 0 Å². The van der Waals surface area contributed by atoms with Crippen LogP contribution >= 0.6 is 0 Å². The zero-order valence-corrected chi connectivity index (χ0v) is 11.0. The summed E-state index contributed by atoms with van der Waals surface area (Å²) in [5.74, 6) is -2.58. The second kappa shape index (κ2) is 3.72. The summed E-state index contributed by atoms with van der Waals surface area (Å²) in [4.78, 5) is 12.0. The van der Waals surface area contributed by atoms with E-state index in [4.69, 9.17) is 18.6 Å². The highest BCUT2D eigenvalue weighted by atomic mass is 16.8. The van der Waals surface area contributed by atoms with E-state index in [0.717, 1.165) is 0 Å². The number of esters is 1. The Morgan fingerprint density at radius 1 is 1.25 bits per heavy atom. The number of methoxy groups -OCH3 is 1. The third-order valence-electron chi connectivity index (χ3n) is 2.95. The van der Waals surface area contributed by atoms with Gasteiger partial charge >= 0.3 is 11.9 Å². The molecule has 3 rings (SSSR count). The first kappa shape index (κ1) is 12.5. The molecule has 1 aliphatic rings. The van der Waals surface area contributed by atoms with Crippen LogP contribution in [0.4, 0.5) is 0 Å². The number of furan rings is 1. The molecule has 0 unspecified atom stereocenters. The van der Waals surface area contributed by atoms with Gasteiger partial charge in [-0.3, -0.25) is 0 Å². The molecule has 1 aromatic heterocycles. The van der Waals surface area contributed by atoms with E-state index in [1.54, 1.807) is 13.8 Å². The Morgan fingerprint density at radius 3 is 2.60 bits per heavy atom. The average molecular weight is 280 g/mol. The standard InChI is InChI=1S/C13H12O7/c1-13(2)19-11(16)8-7-5(14)4-6(17-3)9(15)10(7)18-12(8)20-13/h4,14-15H,1-3H3. The average Bonchev–Trinajstić information content (AvgIpc) is 2.72. The Labute approximate surface area is 113 Å². The predicted octanol–water partition coefficient (Wildman–Crippen LogP) is 2.14. The Bertz CT molecular complexity index is 726. The van der Waals surface area contributed by atoms with Crippen molar-refractivity contribution in [2.24, 2.45) is 0 Å². The number of phenols is 2. The number of hydrogen-bond donors (Lipinski definition) is 2. The van der Waals surface area contributed by atoms with Gasteiger partial charge in [0.15, 0.2) is 16.9 Å². The molecule has 7 heteroatoms. The second-order valence-electron chi connectivity index (χ2n) is 4.81. The summed E-state index contributed by atoms with van der Waals surface area (Å²) in [5.41, 5.74) is -0.156. The van der Waals surface area contributed by atoms with Crippen molar-refractivity contribution in [3.8, 4) is 23.2 Å². The maximum absolute atomic E-state index is 12.0. The van der Waals surface area contributed by atoms with Crippen molar-refractivity contribution in [2.45, 2.75) is 19.6 Å². The van der Waals surface area contributed by atoms with Crippen LogP contribution in [0.5, 0.6) is 23.2 Å². The Balaban J connectivity index is 2.36. The molecule has 20 heavy (non-hydrogen) atoms. The molecule has 0 amide bonds. The highest BCUT2D eigenvalue weighted by Gasteiger charge is 2.40.